The van der Waals surface area contributed by atoms with Gasteiger partial charge in [0.2, 0.25) is 0 Å². The Hall–Kier alpha value is -5.80. The molecule has 0 saturated heterocycles. The lowest BCUT2D eigenvalue weighted by Crippen LogP contribution is -2.27. The Bertz CT molecular complexity index is 2100. The summed E-state index contributed by atoms with van der Waals surface area (Å²) in [6.45, 7) is 0.900. The molecule has 0 unspecified atom stereocenters. The van der Waals surface area contributed by atoms with Crippen LogP contribution in [-0.2, 0) is 9.13 Å². The first-order valence-electron chi connectivity index (χ1n) is 17.8. The first-order chi connectivity index (χ1) is 26.6. The van der Waals surface area contributed by atoms with Gasteiger partial charge >= 0.3 is 0 Å². The molecule has 7 aromatic rings. The highest BCUT2D eigenvalue weighted by Crippen LogP contribution is 2.46. The average molecular weight is 751 g/mol. The third-order valence-corrected chi connectivity index (χ3v) is 15.1. The van der Waals surface area contributed by atoms with Gasteiger partial charge < -0.3 is 28.1 Å². The van der Waals surface area contributed by atoms with Crippen LogP contribution in [0.5, 0.6) is 23.0 Å². The van der Waals surface area contributed by atoms with Crippen molar-refractivity contribution in [1.29, 1.82) is 0 Å². The van der Waals surface area contributed by atoms with Gasteiger partial charge in [0, 0.05) is 21.2 Å². The molecule has 0 aromatic heterocycles. The van der Waals surface area contributed by atoms with Crippen molar-refractivity contribution in [2.45, 2.75) is 0 Å². The Balaban J connectivity index is 1.00. The summed E-state index contributed by atoms with van der Waals surface area (Å²) in [5, 5.41) is 4.23. The molecule has 7 rings (SSSR count). The lowest BCUT2D eigenvalue weighted by molar-refractivity contribution is 0.193. The number of hydrogen-bond donors (Lipinski definition) is 0. The van der Waals surface area contributed by atoms with Crippen LogP contribution in [0.25, 0.3) is 0 Å². The van der Waals surface area contributed by atoms with Crippen LogP contribution >= 0.6 is 14.3 Å². The van der Waals surface area contributed by atoms with Gasteiger partial charge in [-0.25, -0.2) is 0 Å². The molecule has 0 bridgehead atoms. The van der Waals surface area contributed by atoms with Gasteiger partial charge in [-0.05, 0) is 36.4 Å². The summed E-state index contributed by atoms with van der Waals surface area (Å²) in [7, 11) is -6.45. The Morgan fingerprint density at radius 2 is 0.500 bits per heavy atom. The SMILES string of the molecule is O=P(c1ccccc1)(c1ccccc1)c1ccccc1OCCOc1ccccc1OCCOc1ccccc1P(=O)(c1ccccc1)c1ccccc1. The van der Waals surface area contributed by atoms with Gasteiger partial charge in [0.1, 0.15) is 37.9 Å². The fourth-order valence-corrected chi connectivity index (χ4v) is 11.9. The van der Waals surface area contributed by atoms with Crippen LogP contribution in [0, 0.1) is 0 Å². The smallest absolute Gasteiger partial charge is 0.174 e. The van der Waals surface area contributed by atoms with Crippen molar-refractivity contribution >= 4 is 46.1 Å². The van der Waals surface area contributed by atoms with Gasteiger partial charge in [0.05, 0.1) is 10.6 Å². The highest BCUT2D eigenvalue weighted by molar-refractivity contribution is 7.86. The van der Waals surface area contributed by atoms with Crippen LogP contribution in [0.2, 0.25) is 0 Å². The van der Waals surface area contributed by atoms with E-state index in [2.05, 4.69) is 0 Å². The van der Waals surface area contributed by atoms with E-state index in [4.69, 9.17) is 18.9 Å². The number of ether oxygens (including phenoxy) is 4. The van der Waals surface area contributed by atoms with Crippen LogP contribution in [0.4, 0.5) is 0 Å². The Labute approximate surface area is 316 Å². The highest BCUT2D eigenvalue weighted by Gasteiger charge is 2.33. The third kappa shape index (κ3) is 7.92. The van der Waals surface area contributed by atoms with Crippen LogP contribution in [0.15, 0.2) is 194 Å². The van der Waals surface area contributed by atoms with Gasteiger partial charge in [-0.1, -0.05) is 158 Å². The maximum Gasteiger partial charge on any atom is 0.174 e. The maximum absolute atomic E-state index is 15.0. The molecule has 0 spiro atoms. The number of rotatable bonds is 16. The first kappa shape index (κ1) is 36.6. The van der Waals surface area contributed by atoms with Crippen molar-refractivity contribution in [3.63, 3.8) is 0 Å². The highest BCUT2D eigenvalue weighted by atomic mass is 31.2. The topological polar surface area (TPSA) is 71.1 Å². The molecule has 0 saturated carbocycles. The van der Waals surface area contributed by atoms with Crippen LogP contribution in [-0.4, -0.2) is 26.4 Å². The van der Waals surface area contributed by atoms with E-state index in [1.54, 1.807) is 0 Å². The summed E-state index contributed by atoms with van der Waals surface area (Å²) in [6, 6.07) is 60.6. The van der Waals surface area contributed by atoms with Crippen molar-refractivity contribution < 1.29 is 28.1 Å². The van der Waals surface area contributed by atoms with Crippen molar-refractivity contribution in [2.75, 3.05) is 26.4 Å². The van der Waals surface area contributed by atoms with E-state index in [0.717, 1.165) is 21.2 Å². The largest absolute Gasteiger partial charge is 0.489 e. The predicted molar refractivity (Wildman–Crippen MR) is 220 cm³/mol. The van der Waals surface area contributed by atoms with Gasteiger partial charge in [-0.3, -0.25) is 0 Å². The van der Waals surface area contributed by atoms with Crippen molar-refractivity contribution in [2.24, 2.45) is 0 Å². The molecule has 270 valence electrons. The van der Waals surface area contributed by atoms with Crippen molar-refractivity contribution in [3.8, 4) is 23.0 Å². The van der Waals surface area contributed by atoms with E-state index >= 15 is 0 Å². The maximum atomic E-state index is 15.0. The molecule has 54 heavy (non-hydrogen) atoms. The molecule has 0 atom stereocenters. The number of benzene rings is 7. The average Bonchev–Trinajstić information content (AvgIpc) is 3.25. The van der Waals surface area contributed by atoms with Gasteiger partial charge in [0.15, 0.2) is 25.8 Å². The minimum atomic E-state index is -3.22. The Morgan fingerprint density at radius 3 is 0.796 bits per heavy atom. The lowest BCUT2D eigenvalue weighted by atomic mass is 10.3. The lowest BCUT2D eigenvalue weighted by Gasteiger charge is -2.23. The summed E-state index contributed by atoms with van der Waals surface area (Å²) >= 11 is 0. The second kappa shape index (κ2) is 17.4. The predicted octanol–water partition coefficient (Wildman–Crippen LogP) is 7.88. The molecule has 7 aromatic carbocycles. The number of hydrogen-bond acceptors (Lipinski definition) is 6. The summed E-state index contributed by atoms with van der Waals surface area (Å²) in [5.41, 5.74) is 0. The van der Waals surface area contributed by atoms with Crippen molar-refractivity contribution in [1.82, 2.24) is 0 Å². The summed E-state index contributed by atoms with van der Waals surface area (Å²) in [4.78, 5) is 0. The standard InChI is InChI=1S/C46H40O6P2/c47-53(37-19-5-1-6-20-37,38-21-7-2-8-22-38)45-31-17-15-29-43(45)51-35-33-49-41-27-13-14-28-42(41)50-34-36-52-44-30-16-18-32-46(44)54(48,39-23-9-3-10-24-39)40-25-11-4-12-26-40/h1-32H,33-36H2. The molecule has 8 heteroatoms. The van der Waals surface area contributed by atoms with Gasteiger partial charge in [0.25, 0.3) is 0 Å². The molecule has 0 fully saturated rings. The summed E-state index contributed by atoms with van der Waals surface area (Å²) < 4.78 is 54.8. The molecule has 0 aliphatic rings. The fourth-order valence-electron chi connectivity index (χ4n) is 6.38. The van der Waals surface area contributed by atoms with Crippen LogP contribution in [0.3, 0.4) is 0 Å². The van der Waals surface area contributed by atoms with E-state index < -0.39 is 14.3 Å². The second-order valence-corrected chi connectivity index (χ2v) is 17.8. The summed E-state index contributed by atoms with van der Waals surface area (Å²) in [5.74, 6) is 2.21. The Kier molecular flexibility index (Phi) is 11.7. The van der Waals surface area contributed by atoms with Crippen LogP contribution in [0.1, 0.15) is 0 Å². The summed E-state index contributed by atoms with van der Waals surface area (Å²) in [6.07, 6.45) is 0. The quantitative estimate of drug-likeness (QED) is 0.0740. The zero-order valence-corrected chi connectivity index (χ0v) is 31.4. The second-order valence-electron chi connectivity index (χ2n) is 12.3. The van der Waals surface area contributed by atoms with Gasteiger partial charge in [-0.15, -0.1) is 0 Å². The minimum absolute atomic E-state index is 0.220. The first-order valence-corrected chi connectivity index (χ1v) is 21.2. The Morgan fingerprint density at radius 1 is 0.278 bits per heavy atom. The van der Waals surface area contributed by atoms with Gasteiger partial charge in [-0.2, -0.15) is 0 Å². The third-order valence-electron chi connectivity index (χ3n) is 8.93. The van der Waals surface area contributed by atoms with Crippen molar-refractivity contribution in [3.05, 3.63) is 194 Å². The normalized spacial score (nSPS) is 11.4. The fraction of sp³-hybridized carbons (Fsp3) is 0.0870. The minimum Gasteiger partial charge on any atom is -0.489 e. The molecular formula is C46H40O6P2. The molecular weight excluding hydrogens is 710 g/mol. The van der Waals surface area contributed by atoms with E-state index in [1.807, 2.05) is 194 Å². The molecule has 0 amide bonds. The number of para-hydroxylation sites is 4. The zero-order valence-electron chi connectivity index (χ0n) is 29.6. The monoisotopic (exact) mass is 750 g/mol. The van der Waals surface area contributed by atoms with Crippen LogP contribution < -0.4 is 50.8 Å². The molecule has 0 aliphatic heterocycles. The molecule has 0 heterocycles. The van der Waals surface area contributed by atoms with E-state index in [9.17, 15) is 9.13 Å². The van der Waals surface area contributed by atoms with E-state index in [-0.39, 0.29) is 26.4 Å². The zero-order chi connectivity index (χ0) is 37.1. The molecule has 0 radical (unpaired) electrons. The molecule has 0 aliphatic carbocycles. The van der Waals surface area contributed by atoms with E-state index in [1.165, 1.54) is 0 Å². The molecule has 0 N–H and O–H groups in total. The van der Waals surface area contributed by atoms with E-state index in [0.29, 0.717) is 33.6 Å². The molecule has 6 nitrogen and oxygen atoms in total.